The molecule has 1 fully saturated rings. The van der Waals surface area contributed by atoms with Crippen molar-refractivity contribution in [1.82, 2.24) is 10.2 Å². The van der Waals surface area contributed by atoms with Crippen LogP contribution in [0.25, 0.3) is 0 Å². The Morgan fingerprint density at radius 3 is 2.69 bits per heavy atom. The van der Waals surface area contributed by atoms with Crippen molar-refractivity contribution >= 4 is 17.5 Å². The van der Waals surface area contributed by atoms with Crippen LogP contribution < -0.4 is 10.2 Å². The standard InChI is InChI=1S/C23H33N3O3/c1-25(2)20-10-8-18(9-11-20)14-23(28)26-12-13-29-17-21(26)15-22(27)24-16-19-6-4-3-5-7-19/h6,8-11,21H,3-5,7,12-17H2,1-2H3,(H,24,27)/t21-/m1/s1. The fraction of sp³-hybridized carbons (Fsp3) is 0.565. The second-order valence-corrected chi connectivity index (χ2v) is 8.14. The highest BCUT2D eigenvalue weighted by Crippen LogP contribution is 2.18. The molecular formula is C23H33N3O3. The van der Waals surface area contributed by atoms with Gasteiger partial charge in [0.15, 0.2) is 0 Å². The number of nitrogens with zero attached hydrogens (tertiary/aromatic N) is 2. The summed E-state index contributed by atoms with van der Waals surface area (Å²) in [5.74, 6) is 0.0406. The molecule has 0 spiro atoms. The van der Waals surface area contributed by atoms with E-state index in [0.29, 0.717) is 39.1 Å². The molecule has 2 aliphatic rings. The molecule has 1 aliphatic heterocycles. The Balaban J connectivity index is 1.53. The molecule has 6 heteroatoms. The van der Waals surface area contributed by atoms with Crippen molar-refractivity contribution in [2.75, 3.05) is 45.3 Å². The normalized spacial score (nSPS) is 19.4. The molecule has 1 atom stereocenters. The van der Waals surface area contributed by atoms with Gasteiger partial charge in [0.1, 0.15) is 0 Å². The van der Waals surface area contributed by atoms with Gasteiger partial charge >= 0.3 is 0 Å². The van der Waals surface area contributed by atoms with Crippen molar-refractivity contribution < 1.29 is 14.3 Å². The van der Waals surface area contributed by atoms with Gasteiger partial charge in [0.25, 0.3) is 0 Å². The number of anilines is 1. The summed E-state index contributed by atoms with van der Waals surface area (Å²) in [6.07, 6.45) is 7.51. The van der Waals surface area contributed by atoms with E-state index >= 15 is 0 Å². The van der Waals surface area contributed by atoms with Gasteiger partial charge in [0.05, 0.1) is 25.7 Å². The molecule has 2 amide bonds. The number of morpholine rings is 1. The first kappa shape index (κ1) is 21.4. The first-order valence-corrected chi connectivity index (χ1v) is 10.6. The molecule has 1 N–H and O–H groups in total. The summed E-state index contributed by atoms with van der Waals surface area (Å²) in [7, 11) is 3.99. The molecule has 1 saturated heterocycles. The predicted molar refractivity (Wildman–Crippen MR) is 115 cm³/mol. The van der Waals surface area contributed by atoms with Crippen LogP contribution >= 0.6 is 0 Å². The minimum atomic E-state index is -0.197. The number of carbonyl (C=O) groups excluding carboxylic acids is 2. The molecule has 1 aromatic rings. The highest BCUT2D eigenvalue weighted by Gasteiger charge is 2.29. The maximum absolute atomic E-state index is 12.9. The Hall–Kier alpha value is -2.34. The molecule has 3 rings (SSSR count). The number of allylic oxidation sites excluding steroid dienone is 1. The average Bonchev–Trinajstić information content (AvgIpc) is 2.74. The fourth-order valence-corrected chi connectivity index (χ4v) is 3.90. The van der Waals surface area contributed by atoms with Crippen molar-refractivity contribution in [2.45, 2.75) is 44.6 Å². The van der Waals surface area contributed by atoms with Gasteiger partial charge in [0.2, 0.25) is 11.8 Å². The maximum Gasteiger partial charge on any atom is 0.227 e. The molecule has 0 unspecified atom stereocenters. The van der Waals surface area contributed by atoms with Gasteiger partial charge in [-0.2, -0.15) is 0 Å². The Morgan fingerprint density at radius 2 is 2.00 bits per heavy atom. The van der Waals surface area contributed by atoms with Crippen LogP contribution in [0, 0.1) is 0 Å². The molecule has 0 bridgehead atoms. The summed E-state index contributed by atoms with van der Waals surface area (Å²) in [5.41, 5.74) is 3.41. The van der Waals surface area contributed by atoms with Crippen LogP contribution in [-0.4, -0.2) is 63.2 Å². The lowest BCUT2D eigenvalue weighted by atomic mass is 9.99. The van der Waals surface area contributed by atoms with Crippen molar-refractivity contribution in [2.24, 2.45) is 0 Å². The van der Waals surface area contributed by atoms with E-state index in [1.54, 1.807) is 0 Å². The SMILES string of the molecule is CN(C)c1ccc(CC(=O)N2CCOC[C@H]2CC(=O)NCC2=CCCCC2)cc1. The van der Waals surface area contributed by atoms with Crippen LogP contribution in [0.15, 0.2) is 35.9 Å². The quantitative estimate of drug-likeness (QED) is 0.716. The van der Waals surface area contributed by atoms with Gasteiger partial charge in [-0.1, -0.05) is 23.8 Å². The summed E-state index contributed by atoms with van der Waals surface area (Å²) < 4.78 is 5.56. The zero-order valence-electron chi connectivity index (χ0n) is 17.7. The van der Waals surface area contributed by atoms with Gasteiger partial charge in [-0.3, -0.25) is 9.59 Å². The van der Waals surface area contributed by atoms with E-state index in [9.17, 15) is 9.59 Å². The molecular weight excluding hydrogens is 366 g/mol. The summed E-state index contributed by atoms with van der Waals surface area (Å²) >= 11 is 0. The van der Waals surface area contributed by atoms with Gasteiger partial charge in [-0.15, -0.1) is 0 Å². The molecule has 1 heterocycles. The van der Waals surface area contributed by atoms with Gasteiger partial charge in [-0.05, 0) is 43.4 Å². The third kappa shape index (κ3) is 6.32. The Kier molecular flexibility index (Phi) is 7.69. The van der Waals surface area contributed by atoms with E-state index in [-0.39, 0.29) is 17.9 Å². The average molecular weight is 400 g/mol. The number of hydrogen-bond donors (Lipinski definition) is 1. The molecule has 158 valence electrons. The fourth-order valence-electron chi connectivity index (χ4n) is 3.90. The van der Waals surface area contributed by atoms with Crippen molar-refractivity contribution in [1.29, 1.82) is 0 Å². The highest BCUT2D eigenvalue weighted by atomic mass is 16.5. The summed E-state index contributed by atoms with van der Waals surface area (Å²) in [6, 6.07) is 7.83. The summed E-state index contributed by atoms with van der Waals surface area (Å²) in [6.45, 7) is 2.11. The monoisotopic (exact) mass is 399 g/mol. The van der Waals surface area contributed by atoms with E-state index < -0.39 is 0 Å². The Bertz CT molecular complexity index is 727. The zero-order valence-corrected chi connectivity index (χ0v) is 17.7. The van der Waals surface area contributed by atoms with Crippen molar-refractivity contribution in [3.8, 4) is 0 Å². The van der Waals surface area contributed by atoms with Crippen LogP contribution in [0.1, 0.15) is 37.7 Å². The van der Waals surface area contributed by atoms with E-state index in [4.69, 9.17) is 4.74 Å². The van der Waals surface area contributed by atoms with E-state index in [2.05, 4.69) is 11.4 Å². The lowest BCUT2D eigenvalue weighted by Gasteiger charge is -2.35. The van der Waals surface area contributed by atoms with Crippen LogP contribution in [0.5, 0.6) is 0 Å². The van der Waals surface area contributed by atoms with Gasteiger partial charge in [0, 0.05) is 39.3 Å². The van der Waals surface area contributed by atoms with Crippen LogP contribution in [0.3, 0.4) is 0 Å². The van der Waals surface area contributed by atoms with Gasteiger partial charge in [-0.25, -0.2) is 0 Å². The van der Waals surface area contributed by atoms with Crippen molar-refractivity contribution in [3.05, 3.63) is 41.5 Å². The largest absolute Gasteiger partial charge is 0.378 e. The lowest BCUT2D eigenvalue weighted by Crippen LogP contribution is -2.51. The second kappa shape index (κ2) is 10.4. The second-order valence-electron chi connectivity index (χ2n) is 8.14. The first-order chi connectivity index (χ1) is 14.0. The molecule has 1 aromatic carbocycles. The Morgan fingerprint density at radius 1 is 1.21 bits per heavy atom. The van der Waals surface area contributed by atoms with E-state index in [1.807, 2.05) is 48.2 Å². The molecule has 0 radical (unpaired) electrons. The number of benzene rings is 1. The van der Waals surface area contributed by atoms with Gasteiger partial charge < -0.3 is 19.9 Å². The number of amides is 2. The summed E-state index contributed by atoms with van der Waals surface area (Å²) in [5, 5.41) is 3.02. The minimum absolute atomic E-state index is 0.0138. The number of nitrogens with one attached hydrogen (secondary N) is 1. The first-order valence-electron chi connectivity index (χ1n) is 10.6. The van der Waals surface area contributed by atoms with E-state index in [0.717, 1.165) is 24.1 Å². The molecule has 1 aliphatic carbocycles. The minimum Gasteiger partial charge on any atom is -0.378 e. The third-order valence-electron chi connectivity index (χ3n) is 5.67. The Labute approximate surface area is 173 Å². The molecule has 29 heavy (non-hydrogen) atoms. The number of rotatable bonds is 7. The number of carbonyl (C=O) groups is 2. The molecule has 6 nitrogen and oxygen atoms in total. The molecule has 0 saturated carbocycles. The third-order valence-corrected chi connectivity index (χ3v) is 5.67. The predicted octanol–water partition coefficient (Wildman–Crippen LogP) is 2.53. The van der Waals surface area contributed by atoms with Crippen molar-refractivity contribution in [3.63, 3.8) is 0 Å². The zero-order chi connectivity index (χ0) is 20.6. The number of hydrogen-bond acceptors (Lipinski definition) is 4. The van der Waals surface area contributed by atoms with Crippen LogP contribution in [0.2, 0.25) is 0 Å². The highest BCUT2D eigenvalue weighted by molar-refractivity contribution is 5.81. The van der Waals surface area contributed by atoms with Crippen LogP contribution in [-0.2, 0) is 20.7 Å². The summed E-state index contributed by atoms with van der Waals surface area (Å²) in [4.78, 5) is 29.2. The topological polar surface area (TPSA) is 61.9 Å². The number of ether oxygens (including phenoxy) is 1. The van der Waals surface area contributed by atoms with Crippen LogP contribution in [0.4, 0.5) is 5.69 Å². The maximum atomic E-state index is 12.9. The lowest BCUT2D eigenvalue weighted by molar-refractivity contribution is -0.141. The van der Waals surface area contributed by atoms with E-state index in [1.165, 1.54) is 18.4 Å². The smallest absolute Gasteiger partial charge is 0.227 e. The molecule has 0 aromatic heterocycles.